The first-order valence-corrected chi connectivity index (χ1v) is 9.20. The molecule has 0 amide bonds. The first-order chi connectivity index (χ1) is 10.8. The number of ether oxygens (including phenoxy) is 2. The molecule has 0 N–H and O–H groups in total. The standard InChI is InChI=1S/C19H24BrFO2/c1-17-6-12-7-19(9-17,10-18(12,2)8-17)14-4-13(21)5-15(20)16(14)23-11-22-3/h4-5,12H,6-11H2,1-3H3. The van der Waals surface area contributed by atoms with Crippen molar-refractivity contribution < 1.29 is 13.9 Å². The van der Waals surface area contributed by atoms with Gasteiger partial charge in [-0.3, -0.25) is 0 Å². The van der Waals surface area contributed by atoms with Crippen molar-refractivity contribution >= 4 is 15.9 Å². The van der Waals surface area contributed by atoms with Crippen LogP contribution in [0.2, 0.25) is 0 Å². The maximum atomic E-state index is 14.2. The van der Waals surface area contributed by atoms with Gasteiger partial charge in [-0.1, -0.05) is 13.8 Å². The van der Waals surface area contributed by atoms with E-state index in [1.807, 2.05) is 0 Å². The van der Waals surface area contributed by atoms with Crippen molar-refractivity contribution in [3.05, 3.63) is 28.0 Å². The van der Waals surface area contributed by atoms with Gasteiger partial charge in [0.2, 0.25) is 0 Å². The van der Waals surface area contributed by atoms with E-state index in [9.17, 15) is 4.39 Å². The number of halogens is 2. The summed E-state index contributed by atoms with van der Waals surface area (Å²) in [7, 11) is 1.61. The van der Waals surface area contributed by atoms with Crippen LogP contribution in [0.3, 0.4) is 0 Å². The molecule has 4 atom stereocenters. The second kappa shape index (κ2) is 4.95. The lowest BCUT2D eigenvalue weighted by Crippen LogP contribution is -2.38. The minimum Gasteiger partial charge on any atom is -0.466 e. The highest BCUT2D eigenvalue weighted by Crippen LogP contribution is 2.75. The average molecular weight is 383 g/mol. The Morgan fingerprint density at radius 2 is 2.00 bits per heavy atom. The van der Waals surface area contributed by atoms with Gasteiger partial charge in [0, 0.05) is 18.1 Å². The third-order valence-electron chi connectivity index (χ3n) is 6.60. The Kier molecular flexibility index (Phi) is 3.42. The summed E-state index contributed by atoms with van der Waals surface area (Å²) in [5.74, 6) is 1.34. The average Bonchev–Trinajstić information content (AvgIpc) is 2.74. The summed E-state index contributed by atoms with van der Waals surface area (Å²) >= 11 is 3.49. The van der Waals surface area contributed by atoms with Crippen LogP contribution >= 0.6 is 15.9 Å². The van der Waals surface area contributed by atoms with Crippen LogP contribution in [-0.4, -0.2) is 13.9 Å². The smallest absolute Gasteiger partial charge is 0.188 e. The van der Waals surface area contributed by atoms with Crippen LogP contribution in [0.15, 0.2) is 16.6 Å². The van der Waals surface area contributed by atoms with Crippen LogP contribution in [0, 0.1) is 22.6 Å². The van der Waals surface area contributed by atoms with Crippen LogP contribution in [0.25, 0.3) is 0 Å². The molecule has 4 aliphatic carbocycles. The molecule has 4 heteroatoms. The zero-order valence-electron chi connectivity index (χ0n) is 14.0. The summed E-state index contributed by atoms with van der Waals surface area (Å²) in [5, 5.41) is 0. The maximum absolute atomic E-state index is 14.2. The lowest BCUT2D eigenvalue weighted by molar-refractivity contribution is 0.0461. The molecule has 4 fully saturated rings. The third kappa shape index (κ3) is 2.28. The molecule has 4 saturated carbocycles. The highest BCUT2D eigenvalue weighted by molar-refractivity contribution is 9.10. The minimum atomic E-state index is -0.191. The van der Waals surface area contributed by atoms with Crippen molar-refractivity contribution in [3.63, 3.8) is 0 Å². The number of benzene rings is 1. The number of rotatable bonds is 4. The van der Waals surface area contributed by atoms with Gasteiger partial charge in [0.15, 0.2) is 6.79 Å². The number of hydrogen-bond acceptors (Lipinski definition) is 2. The molecule has 0 saturated heterocycles. The van der Waals surface area contributed by atoms with Crippen LogP contribution in [-0.2, 0) is 10.2 Å². The van der Waals surface area contributed by atoms with Crippen LogP contribution in [0.1, 0.15) is 51.5 Å². The van der Waals surface area contributed by atoms with Gasteiger partial charge in [-0.25, -0.2) is 4.39 Å². The van der Waals surface area contributed by atoms with E-state index >= 15 is 0 Å². The van der Waals surface area contributed by atoms with Crippen molar-refractivity contribution in [3.8, 4) is 5.75 Å². The molecule has 1 aromatic rings. The van der Waals surface area contributed by atoms with Gasteiger partial charge in [-0.2, -0.15) is 0 Å². The van der Waals surface area contributed by atoms with Gasteiger partial charge in [0.1, 0.15) is 11.6 Å². The molecule has 2 nitrogen and oxygen atoms in total. The van der Waals surface area contributed by atoms with Gasteiger partial charge in [-0.05, 0) is 76.9 Å². The van der Waals surface area contributed by atoms with Crippen molar-refractivity contribution in [2.75, 3.05) is 13.9 Å². The topological polar surface area (TPSA) is 18.5 Å². The predicted molar refractivity (Wildman–Crippen MR) is 91.1 cm³/mol. The van der Waals surface area contributed by atoms with E-state index in [2.05, 4.69) is 29.8 Å². The monoisotopic (exact) mass is 382 g/mol. The van der Waals surface area contributed by atoms with Crippen molar-refractivity contribution in [1.82, 2.24) is 0 Å². The summed E-state index contributed by atoms with van der Waals surface area (Å²) in [6.07, 6.45) is 6.11. The lowest BCUT2D eigenvalue weighted by Gasteiger charge is -2.46. The molecule has 0 aromatic heterocycles. The van der Waals surface area contributed by atoms with Crippen LogP contribution < -0.4 is 4.74 Å². The highest BCUT2D eigenvalue weighted by atomic mass is 79.9. The summed E-state index contributed by atoms with van der Waals surface area (Å²) in [5.41, 5.74) is 1.90. The van der Waals surface area contributed by atoms with Crippen molar-refractivity contribution in [2.45, 2.75) is 51.4 Å². The summed E-state index contributed by atoms with van der Waals surface area (Å²) < 4.78 is 25.8. The van der Waals surface area contributed by atoms with E-state index in [4.69, 9.17) is 9.47 Å². The largest absolute Gasteiger partial charge is 0.466 e. The Morgan fingerprint density at radius 3 is 2.65 bits per heavy atom. The van der Waals surface area contributed by atoms with E-state index in [0.29, 0.717) is 15.3 Å². The molecule has 4 aliphatic rings. The maximum Gasteiger partial charge on any atom is 0.188 e. The highest BCUT2D eigenvalue weighted by Gasteiger charge is 2.66. The zero-order chi connectivity index (χ0) is 16.5. The molecule has 5 rings (SSSR count). The van der Waals surface area contributed by atoms with E-state index < -0.39 is 0 Å². The van der Waals surface area contributed by atoms with E-state index in [0.717, 1.165) is 30.1 Å². The fraction of sp³-hybridized carbons (Fsp3) is 0.684. The molecule has 4 unspecified atom stereocenters. The van der Waals surface area contributed by atoms with Gasteiger partial charge in [0.25, 0.3) is 0 Å². The summed E-state index contributed by atoms with van der Waals surface area (Å²) in [6.45, 7) is 5.04. The molecule has 126 valence electrons. The summed E-state index contributed by atoms with van der Waals surface area (Å²) in [4.78, 5) is 0. The Morgan fingerprint density at radius 1 is 1.22 bits per heavy atom. The molecule has 0 spiro atoms. The molecular formula is C19H24BrFO2. The van der Waals surface area contributed by atoms with E-state index in [1.165, 1.54) is 25.3 Å². The fourth-order valence-corrected chi connectivity index (χ4v) is 7.03. The SMILES string of the molecule is COCOc1c(Br)cc(F)cc1C12CC3CC(C)(C1)CC3(C)C2. The van der Waals surface area contributed by atoms with E-state index in [-0.39, 0.29) is 18.0 Å². The Labute approximate surface area is 145 Å². The second-order valence-electron chi connectivity index (χ2n) is 8.70. The fourth-order valence-electron chi connectivity index (χ4n) is 6.48. The van der Waals surface area contributed by atoms with Crippen LogP contribution in [0.5, 0.6) is 5.75 Å². The number of methoxy groups -OCH3 is 1. The van der Waals surface area contributed by atoms with Crippen molar-refractivity contribution in [1.29, 1.82) is 0 Å². The van der Waals surface area contributed by atoms with Gasteiger partial charge < -0.3 is 9.47 Å². The summed E-state index contributed by atoms with van der Waals surface area (Å²) in [6, 6.07) is 3.19. The van der Waals surface area contributed by atoms with Gasteiger partial charge in [0.05, 0.1) is 4.47 Å². The Balaban J connectivity index is 1.82. The molecule has 0 radical (unpaired) electrons. The first-order valence-electron chi connectivity index (χ1n) is 8.41. The Bertz CT molecular complexity index is 659. The number of hydrogen-bond donors (Lipinski definition) is 0. The molecule has 0 heterocycles. The molecule has 0 aliphatic heterocycles. The molecule has 23 heavy (non-hydrogen) atoms. The van der Waals surface area contributed by atoms with Gasteiger partial charge >= 0.3 is 0 Å². The predicted octanol–water partition coefficient (Wildman–Crippen LogP) is 5.43. The Hall–Kier alpha value is -0.610. The van der Waals surface area contributed by atoms with Gasteiger partial charge in [-0.15, -0.1) is 0 Å². The van der Waals surface area contributed by atoms with Crippen molar-refractivity contribution in [2.24, 2.45) is 16.7 Å². The third-order valence-corrected chi connectivity index (χ3v) is 7.19. The normalized spacial score (nSPS) is 40.8. The van der Waals surface area contributed by atoms with E-state index in [1.54, 1.807) is 13.2 Å². The quantitative estimate of drug-likeness (QED) is 0.646. The molecule has 4 bridgehead atoms. The first kappa shape index (κ1) is 15.9. The van der Waals surface area contributed by atoms with Crippen LogP contribution in [0.4, 0.5) is 4.39 Å². The molecular weight excluding hydrogens is 359 g/mol. The minimum absolute atomic E-state index is 0.0539. The second-order valence-corrected chi connectivity index (χ2v) is 9.55. The lowest BCUT2D eigenvalue weighted by atomic mass is 9.58. The zero-order valence-corrected chi connectivity index (χ0v) is 15.6. The molecule has 1 aromatic carbocycles.